The first kappa shape index (κ1) is 21.6. The molecule has 1 saturated heterocycles. The molecule has 6 nitrogen and oxygen atoms in total. The van der Waals surface area contributed by atoms with Crippen molar-refractivity contribution in [3.63, 3.8) is 0 Å². The second-order valence-electron chi connectivity index (χ2n) is 6.56. The number of guanidine groups is 1. The minimum absolute atomic E-state index is 0.343. The van der Waals surface area contributed by atoms with Gasteiger partial charge in [-0.05, 0) is 51.3 Å². The Labute approximate surface area is 168 Å². The Morgan fingerprint density at radius 2 is 2.19 bits per heavy atom. The fraction of sp³-hybridized carbons (Fsp3) is 0.650. The number of methoxy groups -OCH3 is 1. The van der Waals surface area contributed by atoms with Gasteiger partial charge in [0.15, 0.2) is 5.96 Å². The van der Waals surface area contributed by atoms with Gasteiger partial charge in [0.2, 0.25) is 0 Å². The Kier molecular flexibility index (Phi) is 9.56. The summed E-state index contributed by atoms with van der Waals surface area (Å²) >= 11 is 6.18. The highest BCUT2D eigenvalue weighted by atomic mass is 35.5. The summed E-state index contributed by atoms with van der Waals surface area (Å²) in [6, 6.07) is 6.10. The van der Waals surface area contributed by atoms with Crippen LogP contribution in [0.4, 0.5) is 5.69 Å². The van der Waals surface area contributed by atoms with Gasteiger partial charge in [-0.2, -0.15) is 0 Å². The molecule has 0 spiro atoms. The van der Waals surface area contributed by atoms with E-state index in [2.05, 4.69) is 22.5 Å². The van der Waals surface area contributed by atoms with Gasteiger partial charge in [0.1, 0.15) is 5.75 Å². The van der Waals surface area contributed by atoms with Crippen molar-refractivity contribution in [1.82, 2.24) is 10.6 Å². The van der Waals surface area contributed by atoms with Gasteiger partial charge in [0, 0.05) is 50.5 Å². The summed E-state index contributed by atoms with van der Waals surface area (Å²) in [4.78, 5) is 7.01. The zero-order valence-electron chi connectivity index (χ0n) is 16.8. The number of hydrogen-bond donors (Lipinski definition) is 2. The van der Waals surface area contributed by atoms with Gasteiger partial charge >= 0.3 is 0 Å². The van der Waals surface area contributed by atoms with E-state index in [0.29, 0.717) is 6.04 Å². The molecule has 0 saturated carbocycles. The smallest absolute Gasteiger partial charge is 0.191 e. The van der Waals surface area contributed by atoms with Gasteiger partial charge in [-0.3, -0.25) is 4.99 Å². The van der Waals surface area contributed by atoms with Crippen molar-refractivity contribution in [2.24, 2.45) is 4.99 Å². The molecule has 27 heavy (non-hydrogen) atoms. The molecule has 1 aliphatic rings. The van der Waals surface area contributed by atoms with Gasteiger partial charge in [0.25, 0.3) is 0 Å². The maximum atomic E-state index is 6.18. The van der Waals surface area contributed by atoms with E-state index in [1.807, 2.05) is 25.1 Å². The molecule has 0 amide bonds. The summed E-state index contributed by atoms with van der Waals surface area (Å²) in [5, 5.41) is 7.63. The molecule has 2 N–H and O–H groups in total. The van der Waals surface area contributed by atoms with Crippen LogP contribution in [0.1, 0.15) is 33.1 Å². The lowest BCUT2D eigenvalue weighted by molar-refractivity contribution is 0.144. The first-order valence-corrected chi connectivity index (χ1v) is 10.3. The van der Waals surface area contributed by atoms with Crippen molar-refractivity contribution in [1.29, 1.82) is 0 Å². The molecular weight excluding hydrogens is 364 g/mol. The van der Waals surface area contributed by atoms with Gasteiger partial charge in [-0.15, -0.1) is 0 Å². The summed E-state index contributed by atoms with van der Waals surface area (Å²) in [6.45, 7) is 9.22. The Morgan fingerprint density at radius 3 is 2.93 bits per heavy atom. The maximum Gasteiger partial charge on any atom is 0.191 e. The highest BCUT2D eigenvalue weighted by Crippen LogP contribution is 2.33. The fourth-order valence-electron chi connectivity index (χ4n) is 3.17. The SMILES string of the molecule is CCNC(=NCCCCOCC)NC1CCN(c2cc(Cl)ccc2OC)C1. The molecule has 0 radical (unpaired) electrons. The fourth-order valence-corrected chi connectivity index (χ4v) is 3.34. The number of anilines is 1. The van der Waals surface area contributed by atoms with E-state index in [-0.39, 0.29) is 0 Å². The number of nitrogens with one attached hydrogen (secondary N) is 2. The number of nitrogens with zero attached hydrogens (tertiary/aromatic N) is 2. The van der Waals surface area contributed by atoms with Crippen LogP contribution < -0.4 is 20.3 Å². The molecule has 1 aliphatic heterocycles. The summed E-state index contributed by atoms with van der Waals surface area (Å²) < 4.78 is 10.9. The number of hydrogen-bond acceptors (Lipinski definition) is 4. The molecule has 1 heterocycles. The normalized spacial score (nSPS) is 17.3. The summed E-state index contributed by atoms with van der Waals surface area (Å²) in [6.07, 6.45) is 3.13. The minimum Gasteiger partial charge on any atom is -0.495 e. The highest BCUT2D eigenvalue weighted by Gasteiger charge is 2.25. The van der Waals surface area contributed by atoms with Crippen LogP contribution in [-0.4, -0.2) is 58.5 Å². The molecule has 1 unspecified atom stereocenters. The first-order chi connectivity index (χ1) is 13.2. The molecule has 152 valence electrons. The second kappa shape index (κ2) is 11.9. The Hall–Kier alpha value is -1.66. The van der Waals surface area contributed by atoms with Crippen molar-refractivity contribution in [2.45, 2.75) is 39.2 Å². The lowest BCUT2D eigenvalue weighted by Crippen LogP contribution is -2.44. The van der Waals surface area contributed by atoms with E-state index in [0.717, 1.165) is 81.1 Å². The summed E-state index contributed by atoms with van der Waals surface area (Å²) in [5.74, 6) is 1.74. The topological polar surface area (TPSA) is 58.1 Å². The third-order valence-corrected chi connectivity index (χ3v) is 4.76. The zero-order valence-corrected chi connectivity index (χ0v) is 17.5. The van der Waals surface area contributed by atoms with Crippen molar-refractivity contribution in [2.75, 3.05) is 51.4 Å². The number of rotatable bonds is 10. The van der Waals surface area contributed by atoms with Gasteiger partial charge < -0.3 is 25.0 Å². The Morgan fingerprint density at radius 1 is 1.33 bits per heavy atom. The zero-order chi connectivity index (χ0) is 19.5. The van der Waals surface area contributed by atoms with Crippen LogP contribution in [0.15, 0.2) is 23.2 Å². The molecule has 1 fully saturated rings. The van der Waals surface area contributed by atoms with E-state index in [1.54, 1.807) is 7.11 Å². The van der Waals surface area contributed by atoms with Crippen molar-refractivity contribution in [3.8, 4) is 5.75 Å². The van der Waals surface area contributed by atoms with Crippen LogP contribution in [0.5, 0.6) is 5.75 Å². The molecule has 2 rings (SSSR count). The predicted octanol–water partition coefficient (Wildman–Crippen LogP) is 3.30. The lowest BCUT2D eigenvalue weighted by Gasteiger charge is -2.22. The van der Waals surface area contributed by atoms with E-state index in [9.17, 15) is 0 Å². The number of aliphatic imine (C=N–C) groups is 1. The van der Waals surface area contributed by atoms with Crippen LogP contribution in [0, 0.1) is 0 Å². The molecule has 7 heteroatoms. The van der Waals surface area contributed by atoms with Crippen LogP contribution >= 0.6 is 11.6 Å². The summed E-state index contributed by atoms with van der Waals surface area (Å²) in [5.41, 5.74) is 1.05. The Balaban J connectivity index is 1.88. The van der Waals surface area contributed by atoms with Gasteiger partial charge in [-0.1, -0.05) is 11.6 Å². The van der Waals surface area contributed by atoms with Crippen LogP contribution in [0.3, 0.4) is 0 Å². The van der Waals surface area contributed by atoms with Crippen molar-refractivity contribution >= 4 is 23.2 Å². The van der Waals surface area contributed by atoms with Crippen LogP contribution in [0.2, 0.25) is 5.02 Å². The molecule has 0 aliphatic carbocycles. The molecule has 1 aromatic carbocycles. The standard InChI is InChI=1S/C20H33ClN4O2/c1-4-22-20(23-11-6-7-13-27-5-2)24-17-10-12-25(15-17)18-14-16(21)8-9-19(18)26-3/h8-9,14,17H,4-7,10-13,15H2,1-3H3,(H2,22,23,24). The first-order valence-electron chi connectivity index (χ1n) is 9.89. The molecule has 1 atom stereocenters. The van der Waals surface area contributed by atoms with E-state index < -0.39 is 0 Å². The average molecular weight is 397 g/mol. The van der Waals surface area contributed by atoms with Crippen molar-refractivity contribution in [3.05, 3.63) is 23.2 Å². The number of ether oxygens (including phenoxy) is 2. The molecular formula is C20H33ClN4O2. The molecule has 1 aromatic rings. The quantitative estimate of drug-likeness (QED) is 0.361. The monoisotopic (exact) mass is 396 g/mol. The number of benzene rings is 1. The molecule has 0 bridgehead atoms. The minimum atomic E-state index is 0.343. The van der Waals surface area contributed by atoms with E-state index in [1.165, 1.54) is 0 Å². The lowest BCUT2D eigenvalue weighted by atomic mass is 10.2. The maximum absolute atomic E-state index is 6.18. The number of halogens is 1. The third kappa shape index (κ3) is 7.11. The van der Waals surface area contributed by atoms with E-state index >= 15 is 0 Å². The summed E-state index contributed by atoms with van der Waals surface area (Å²) in [7, 11) is 1.69. The van der Waals surface area contributed by atoms with Crippen LogP contribution in [0.25, 0.3) is 0 Å². The Bertz CT molecular complexity index is 597. The second-order valence-corrected chi connectivity index (χ2v) is 6.99. The molecule has 0 aromatic heterocycles. The van der Waals surface area contributed by atoms with Crippen molar-refractivity contribution < 1.29 is 9.47 Å². The average Bonchev–Trinajstić information content (AvgIpc) is 3.13. The predicted molar refractivity (Wildman–Crippen MR) is 113 cm³/mol. The number of unbranched alkanes of at least 4 members (excludes halogenated alkanes) is 1. The highest BCUT2D eigenvalue weighted by molar-refractivity contribution is 6.30. The van der Waals surface area contributed by atoms with E-state index in [4.69, 9.17) is 26.1 Å². The van der Waals surface area contributed by atoms with Crippen LogP contribution in [-0.2, 0) is 4.74 Å². The van der Waals surface area contributed by atoms with Gasteiger partial charge in [-0.25, -0.2) is 0 Å². The largest absolute Gasteiger partial charge is 0.495 e. The third-order valence-electron chi connectivity index (χ3n) is 4.53. The van der Waals surface area contributed by atoms with Gasteiger partial charge in [0.05, 0.1) is 12.8 Å².